The van der Waals surface area contributed by atoms with Gasteiger partial charge < -0.3 is 14.5 Å². The van der Waals surface area contributed by atoms with Crippen LogP contribution in [0.25, 0.3) is 5.65 Å². The molecule has 4 heterocycles. The quantitative estimate of drug-likeness (QED) is 0.428. The highest BCUT2D eigenvalue weighted by molar-refractivity contribution is 5.48. The Balaban J connectivity index is 1.51. The zero-order valence-corrected chi connectivity index (χ0v) is 21.2. The summed E-state index contributed by atoms with van der Waals surface area (Å²) in [5.41, 5.74) is 2.73. The molecule has 0 aliphatic carbocycles. The Morgan fingerprint density at radius 3 is 2.58 bits per heavy atom. The van der Waals surface area contributed by atoms with Crippen molar-refractivity contribution in [3.63, 3.8) is 0 Å². The molecule has 1 aliphatic rings. The van der Waals surface area contributed by atoms with Crippen molar-refractivity contribution in [2.24, 2.45) is 5.92 Å². The van der Waals surface area contributed by atoms with E-state index >= 15 is 0 Å². The van der Waals surface area contributed by atoms with Gasteiger partial charge in [-0.3, -0.25) is 0 Å². The van der Waals surface area contributed by atoms with Gasteiger partial charge in [-0.25, -0.2) is 14.5 Å². The monoisotopic (exact) mass is 506 g/mol. The summed E-state index contributed by atoms with van der Waals surface area (Å²) in [6.07, 6.45) is -0.788. The van der Waals surface area contributed by atoms with E-state index in [0.29, 0.717) is 18.0 Å². The van der Waals surface area contributed by atoms with Crippen LogP contribution in [-0.2, 0) is 6.42 Å². The highest BCUT2D eigenvalue weighted by atomic mass is 19.4. The van der Waals surface area contributed by atoms with Gasteiger partial charge in [0.2, 0.25) is 0 Å². The normalized spacial score (nSPS) is 16.6. The van der Waals surface area contributed by atoms with E-state index in [0.717, 1.165) is 49.4 Å². The molecular formula is C25H34F3N7O. The van der Waals surface area contributed by atoms with Crippen LogP contribution < -0.4 is 9.64 Å². The number of hydrogen-bond acceptors (Lipinski definition) is 7. The standard InChI is InChI=1S/C25H34F3N7O/c1-5-6-21(25(26,27)28)36-24-31-15-22-29-14-20(35(22)32-24)12-19-11-17(2)23(30-13-19)34-9-7-18(8-10-34)16-33(3)4/h11,13-15,18,21H,5-10,12,16H2,1-4H3/t21-/m1/s1/i15D. The molecule has 0 bridgehead atoms. The van der Waals surface area contributed by atoms with E-state index in [1.165, 1.54) is 4.52 Å². The molecule has 3 aromatic heterocycles. The second-order valence-corrected chi connectivity index (χ2v) is 9.78. The first-order chi connectivity index (χ1) is 17.5. The van der Waals surface area contributed by atoms with E-state index < -0.39 is 18.3 Å². The summed E-state index contributed by atoms with van der Waals surface area (Å²) in [7, 11) is 4.22. The summed E-state index contributed by atoms with van der Waals surface area (Å²) in [5.74, 6) is 1.68. The first-order valence-corrected chi connectivity index (χ1v) is 12.3. The third-order valence-electron chi connectivity index (χ3n) is 6.44. The van der Waals surface area contributed by atoms with Crippen LogP contribution in [0.15, 0.2) is 24.6 Å². The van der Waals surface area contributed by atoms with Crippen molar-refractivity contribution >= 4 is 11.5 Å². The van der Waals surface area contributed by atoms with Gasteiger partial charge in [-0.05, 0) is 57.3 Å². The molecule has 0 amide bonds. The zero-order valence-electron chi connectivity index (χ0n) is 22.2. The third kappa shape index (κ3) is 6.24. The van der Waals surface area contributed by atoms with Crippen LogP contribution in [0.5, 0.6) is 6.01 Å². The van der Waals surface area contributed by atoms with Crippen molar-refractivity contribution in [2.45, 2.75) is 58.2 Å². The number of pyridine rings is 1. The van der Waals surface area contributed by atoms with E-state index in [-0.39, 0.29) is 24.7 Å². The zero-order chi connectivity index (χ0) is 26.7. The van der Waals surface area contributed by atoms with Crippen molar-refractivity contribution < 1.29 is 19.3 Å². The summed E-state index contributed by atoms with van der Waals surface area (Å²) in [5, 5.41) is 4.14. The van der Waals surface area contributed by atoms with Gasteiger partial charge in [0.1, 0.15) is 5.82 Å². The Bertz CT molecular complexity index is 1210. The molecule has 0 aromatic carbocycles. The SMILES string of the molecule is [2H]c1nc(O[C@H](CCC)C(F)(F)F)nn2c(Cc3cnc(N4CCC(CN(C)C)CC4)c(C)c3)cnc12. The number of halogens is 3. The molecule has 0 spiro atoms. The second-order valence-electron chi connectivity index (χ2n) is 9.78. The number of fused-ring (bicyclic) bond motifs is 1. The number of ether oxygens (including phenoxy) is 1. The predicted molar refractivity (Wildman–Crippen MR) is 131 cm³/mol. The van der Waals surface area contributed by atoms with Gasteiger partial charge in [0.15, 0.2) is 11.8 Å². The Morgan fingerprint density at radius 1 is 1.19 bits per heavy atom. The number of hydrogen-bond donors (Lipinski definition) is 0. The van der Waals surface area contributed by atoms with Crippen molar-refractivity contribution in [1.29, 1.82) is 0 Å². The van der Waals surface area contributed by atoms with Gasteiger partial charge >= 0.3 is 12.2 Å². The van der Waals surface area contributed by atoms with E-state index in [2.05, 4.69) is 45.0 Å². The van der Waals surface area contributed by atoms with Gasteiger partial charge in [0.25, 0.3) is 0 Å². The van der Waals surface area contributed by atoms with Crippen LogP contribution in [0.2, 0.25) is 0 Å². The lowest BCUT2D eigenvalue weighted by molar-refractivity contribution is -0.198. The topological polar surface area (TPSA) is 71.7 Å². The number of piperidine rings is 1. The molecule has 3 aromatic rings. The minimum absolute atomic E-state index is 0.156. The van der Waals surface area contributed by atoms with E-state index in [4.69, 9.17) is 11.1 Å². The Morgan fingerprint density at radius 2 is 1.94 bits per heavy atom. The summed E-state index contributed by atoms with van der Waals surface area (Å²) >= 11 is 0. The number of aromatic nitrogens is 5. The Labute approximate surface area is 210 Å². The fourth-order valence-electron chi connectivity index (χ4n) is 4.73. The fraction of sp³-hybridized carbons (Fsp3) is 0.600. The predicted octanol–water partition coefficient (Wildman–Crippen LogP) is 4.31. The summed E-state index contributed by atoms with van der Waals surface area (Å²) in [4.78, 5) is 17.3. The maximum Gasteiger partial charge on any atom is 0.425 e. The molecule has 0 unspecified atom stereocenters. The summed E-state index contributed by atoms with van der Waals surface area (Å²) in [6.45, 7) is 6.73. The highest BCUT2D eigenvalue weighted by Crippen LogP contribution is 2.28. The molecule has 196 valence electrons. The van der Waals surface area contributed by atoms with Crippen LogP contribution in [-0.4, -0.2) is 75.5 Å². The van der Waals surface area contributed by atoms with Gasteiger partial charge in [-0.2, -0.15) is 18.2 Å². The molecule has 8 nitrogen and oxygen atoms in total. The highest BCUT2D eigenvalue weighted by Gasteiger charge is 2.41. The lowest BCUT2D eigenvalue weighted by Gasteiger charge is -2.34. The molecule has 1 aliphatic heterocycles. The van der Waals surface area contributed by atoms with Crippen molar-refractivity contribution in [3.8, 4) is 6.01 Å². The molecule has 0 radical (unpaired) electrons. The molecule has 36 heavy (non-hydrogen) atoms. The van der Waals surface area contributed by atoms with Crippen molar-refractivity contribution in [1.82, 2.24) is 29.5 Å². The number of nitrogens with zero attached hydrogens (tertiary/aromatic N) is 7. The molecule has 1 fully saturated rings. The number of rotatable bonds is 9. The van der Waals surface area contributed by atoms with Gasteiger partial charge in [0, 0.05) is 32.3 Å². The van der Waals surface area contributed by atoms with E-state index in [1.54, 1.807) is 13.1 Å². The molecule has 1 atom stereocenters. The number of alkyl halides is 3. The average Bonchev–Trinajstić information content (AvgIpc) is 3.22. The minimum atomic E-state index is -4.55. The Kier molecular flexibility index (Phi) is 7.54. The molecule has 0 saturated carbocycles. The number of aryl methyl sites for hydroxylation is 1. The lowest BCUT2D eigenvalue weighted by Crippen LogP contribution is -2.37. The van der Waals surface area contributed by atoms with Crippen molar-refractivity contribution in [3.05, 3.63) is 41.5 Å². The molecular weight excluding hydrogens is 471 g/mol. The first-order valence-electron chi connectivity index (χ1n) is 12.8. The number of anilines is 1. The van der Waals surface area contributed by atoms with Crippen LogP contribution in [0.4, 0.5) is 19.0 Å². The summed E-state index contributed by atoms with van der Waals surface area (Å²) in [6, 6.07) is 1.57. The summed E-state index contributed by atoms with van der Waals surface area (Å²) < 4.78 is 54.5. The van der Waals surface area contributed by atoms with Crippen LogP contribution in [0.1, 0.15) is 50.8 Å². The Hall–Kier alpha value is -2.95. The van der Waals surface area contributed by atoms with Gasteiger partial charge in [-0.15, -0.1) is 5.10 Å². The van der Waals surface area contributed by atoms with Crippen LogP contribution in [0, 0.1) is 12.8 Å². The van der Waals surface area contributed by atoms with Crippen LogP contribution in [0.3, 0.4) is 0 Å². The molecule has 11 heteroatoms. The second kappa shape index (κ2) is 11.0. The maximum absolute atomic E-state index is 13.3. The minimum Gasteiger partial charge on any atom is -0.449 e. The molecule has 0 N–H and O–H groups in total. The largest absolute Gasteiger partial charge is 0.449 e. The molecule has 1 saturated heterocycles. The van der Waals surface area contributed by atoms with Crippen molar-refractivity contribution in [2.75, 3.05) is 38.6 Å². The van der Waals surface area contributed by atoms with E-state index in [1.807, 2.05) is 13.1 Å². The van der Waals surface area contributed by atoms with Gasteiger partial charge in [-0.1, -0.05) is 19.4 Å². The van der Waals surface area contributed by atoms with Gasteiger partial charge in [0.05, 0.1) is 19.4 Å². The first kappa shape index (κ1) is 24.7. The van der Waals surface area contributed by atoms with Crippen LogP contribution >= 0.6 is 0 Å². The fourth-order valence-corrected chi connectivity index (χ4v) is 4.73. The molecule has 4 rings (SSSR count). The maximum atomic E-state index is 13.3. The smallest absolute Gasteiger partial charge is 0.425 e. The number of imidazole rings is 1. The average molecular weight is 507 g/mol. The lowest BCUT2D eigenvalue weighted by atomic mass is 9.96. The third-order valence-corrected chi connectivity index (χ3v) is 6.44. The van der Waals surface area contributed by atoms with E-state index in [9.17, 15) is 13.2 Å².